The number of guanidine groups is 1. The maximum atomic E-state index is 11.8. The molecule has 5 nitrogen and oxygen atoms in total. The summed E-state index contributed by atoms with van der Waals surface area (Å²) in [4.78, 5) is 4.71. The van der Waals surface area contributed by atoms with Gasteiger partial charge in [-0.3, -0.25) is 4.99 Å². The number of aryl methyl sites for hydroxylation is 1. The van der Waals surface area contributed by atoms with Crippen molar-refractivity contribution in [2.24, 2.45) is 4.99 Å². The number of nitrogens with zero attached hydrogens (tertiary/aromatic N) is 1. The fraction of sp³-hybridized carbons (Fsp3) is 0.435. The Bertz CT molecular complexity index is 1000. The molecule has 0 radical (unpaired) electrons. The summed E-state index contributed by atoms with van der Waals surface area (Å²) in [7, 11) is -1.42. The summed E-state index contributed by atoms with van der Waals surface area (Å²) in [5, 5.41) is 6.82. The van der Waals surface area contributed by atoms with E-state index in [4.69, 9.17) is 0 Å². The summed E-state index contributed by atoms with van der Waals surface area (Å²) in [6, 6.07) is 14.8. The van der Waals surface area contributed by atoms with Crippen LogP contribution in [0.1, 0.15) is 54.4 Å². The predicted molar refractivity (Wildman–Crippen MR) is 135 cm³/mol. The molecule has 1 fully saturated rings. The van der Waals surface area contributed by atoms with Gasteiger partial charge in [0.2, 0.25) is 0 Å². The van der Waals surface area contributed by atoms with Gasteiger partial charge in [-0.25, -0.2) is 8.42 Å². The van der Waals surface area contributed by atoms with Gasteiger partial charge in [-0.1, -0.05) is 50.2 Å². The molecule has 0 spiro atoms. The van der Waals surface area contributed by atoms with E-state index >= 15 is 0 Å². The molecule has 0 bridgehead atoms. The van der Waals surface area contributed by atoms with Gasteiger partial charge in [0.1, 0.15) is 0 Å². The second-order valence-electron chi connectivity index (χ2n) is 8.21. The van der Waals surface area contributed by atoms with E-state index in [2.05, 4.69) is 53.7 Å². The first-order valence-electron chi connectivity index (χ1n) is 10.1. The Kier molecular flexibility index (Phi) is 8.33. The molecule has 0 aliphatic heterocycles. The third-order valence-corrected chi connectivity index (χ3v) is 6.72. The van der Waals surface area contributed by atoms with Gasteiger partial charge >= 0.3 is 0 Å². The third-order valence-electron chi connectivity index (χ3n) is 5.47. The predicted octanol–water partition coefficient (Wildman–Crippen LogP) is 4.36. The molecule has 2 N–H and O–H groups in total. The van der Waals surface area contributed by atoms with E-state index in [-0.39, 0.29) is 24.0 Å². The molecular formula is C23H32IN3O2S. The minimum Gasteiger partial charge on any atom is -0.353 e. The van der Waals surface area contributed by atoms with E-state index < -0.39 is 9.84 Å². The molecule has 0 amide bonds. The largest absolute Gasteiger partial charge is 0.353 e. The van der Waals surface area contributed by atoms with Crippen LogP contribution in [0.5, 0.6) is 0 Å². The van der Waals surface area contributed by atoms with Crippen molar-refractivity contribution in [1.82, 2.24) is 10.6 Å². The molecule has 0 heterocycles. The smallest absolute Gasteiger partial charge is 0.191 e. The lowest BCUT2D eigenvalue weighted by molar-refractivity contribution is 0.601. The van der Waals surface area contributed by atoms with E-state index in [0.717, 1.165) is 23.5 Å². The third kappa shape index (κ3) is 6.20. The van der Waals surface area contributed by atoms with Crippen molar-refractivity contribution in [1.29, 1.82) is 0 Å². The molecule has 1 saturated carbocycles. The second kappa shape index (κ2) is 10.1. The van der Waals surface area contributed by atoms with Crippen molar-refractivity contribution in [3.05, 3.63) is 64.7 Å². The fourth-order valence-corrected chi connectivity index (χ4v) is 4.60. The lowest BCUT2D eigenvalue weighted by Gasteiger charge is -2.13. The van der Waals surface area contributed by atoms with Crippen molar-refractivity contribution in [3.8, 4) is 0 Å². The molecule has 164 valence electrons. The Morgan fingerprint density at radius 1 is 1.17 bits per heavy atom. The Morgan fingerprint density at radius 2 is 1.83 bits per heavy atom. The lowest BCUT2D eigenvalue weighted by atomic mass is 10.0. The topological polar surface area (TPSA) is 70.6 Å². The number of aliphatic imine (C=N–C) groups is 1. The molecule has 7 heteroatoms. The fourth-order valence-electron chi connectivity index (χ4n) is 3.64. The summed E-state index contributed by atoms with van der Waals surface area (Å²) in [6.07, 6.45) is 2.34. The van der Waals surface area contributed by atoms with Crippen LogP contribution in [0.25, 0.3) is 0 Å². The SMILES string of the molecule is CN=C(NCc1ccc(S(C)(=O)=O)c(C)c1)NC1CC1c1ccc(C(C)C)cc1.I. The zero-order valence-electron chi connectivity index (χ0n) is 18.3. The summed E-state index contributed by atoms with van der Waals surface area (Å²) < 4.78 is 23.5. The molecule has 1 aliphatic rings. The number of sulfone groups is 1. The van der Waals surface area contributed by atoms with Crippen molar-refractivity contribution in [2.45, 2.75) is 56.5 Å². The number of hydrogen-bond acceptors (Lipinski definition) is 3. The average Bonchev–Trinajstić information content (AvgIpc) is 3.43. The number of hydrogen-bond donors (Lipinski definition) is 2. The minimum absolute atomic E-state index is 0. The number of rotatable bonds is 6. The summed E-state index contributed by atoms with van der Waals surface area (Å²) in [5.74, 6) is 1.84. The average molecular weight is 541 g/mol. The van der Waals surface area contributed by atoms with Crippen molar-refractivity contribution >= 4 is 39.8 Å². The molecular weight excluding hydrogens is 509 g/mol. The van der Waals surface area contributed by atoms with Crippen LogP contribution in [0.4, 0.5) is 0 Å². The molecule has 2 aromatic carbocycles. The Labute approximate surface area is 197 Å². The van der Waals surface area contributed by atoms with Crippen LogP contribution in [0.15, 0.2) is 52.4 Å². The van der Waals surface area contributed by atoms with Gasteiger partial charge < -0.3 is 10.6 Å². The normalized spacial score (nSPS) is 18.7. The molecule has 2 unspecified atom stereocenters. The van der Waals surface area contributed by atoms with Gasteiger partial charge in [0.15, 0.2) is 15.8 Å². The Morgan fingerprint density at radius 3 is 2.37 bits per heavy atom. The highest BCUT2D eigenvalue weighted by Gasteiger charge is 2.38. The van der Waals surface area contributed by atoms with Crippen LogP contribution in [0.2, 0.25) is 0 Å². The van der Waals surface area contributed by atoms with Crippen LogP contribution in [0, 0.1) is 6.92 Å². The van der Waals surface area contributed by atoms with Gasteiger partial charge in [-0.15, -0.1) is 24.0 Å². The van der Waals surface area contributed by atoms with Crippen molar-refractivity contribution in [2.75, 3.05) is 13.3 Å². The standard InChI is InChI=1S/C23H31N3O2S.HI/c1-15(2)18-7-9-19(10-8-18)20-13-21(20)26-23(24-4)25-14-17-6-11-22(16(3)12-17)29(5,27)28;/h6-12,15,20-21H,13-14H2,1-5H3,(H2,24,25,26);1H. The van der Waals surface area contributed by atoms with E-state index in [0.29, 0.717) is 29.3 Å². The van der Waals surface area contributed by atoms with E-state index in [1.165, 1.54) is 17.4 Å². The van der Waals surface area contributed by atoms with Gasteiger partial charge in [0.05, 0.1) is 4.90 Å². The summed E-state index contributed by atoms with van der Waals surface area (Å²) in [6.45, 7) is 6.84. The molecule has 2 aromatic rings. The van der Waals surface area contributed by atoms with Gasteiger partial charge in [0, 0.05) is 31.8 Å². The van der Waals surface area contributed by atoms with Gasteiger partial charge in [0.25, 0.3) is 0 Å². The Hall–Kier alpha value is -1.61. The second-order valence-corrected chi connectivity index (χ2v) is 10.2. The van der Waals surface area contributed by atoms with E-state index in [1.54, 1.807) is 13.1 Å². The monoisotopic (exact) mass is 541 g/mol. The highest BCUT2D eigenvalue weighted by atomic mass is 127. The molecule has 2 atom stereocenters. The van der Waals surface area contributed by atoms with Gasteiger partial charge in [-0.05, 0) is 47.6 Å². The quantitative estimate of drug-likeness (QED) is 0.324. The van der Waals surface area contributed by atoms with Crippen molar-refractivity contribution in [3.63, 3.8) is 0 Å². The van der Waals surface area contributed by atoms with Crippen LogP contribution >= 0.6 is 24.0 Å². The first-order valence-corrected chi connectivity index (χ1v) is 11.9. The lowest BCUT2D eigenvalue weighted by Crippen LogP contribution is -2.38. The zero-order valence-corrected chi connectivity index (χ0v) is 21.4. The molecule has 0 saturated heterocycles. The zero-order chi connectivity index (χ0) is 21.2. The van der Waals surface area contributed by atoms with Crippen LogP contribution in [-0.2, 0) is 16.4 Å². The van der Waals surface area contributed by atoms with E-state index in [9.17, 15) is 8.42 Å². The van der Waals surface area contributed by atoms with Crippen molar-refractivity contribution < 1.29 is 8.42 Å². The minimum atomic E-state index is -3.19. The molecule has 0 aromatic heterocycles. The maximum Gasteiger partial charge on any atom is 0.191 e. The highest BCUT2D eigenvalue weighted by molar-refractivity contribution is 14.0. The number of benzene rings is 2. The van der Waals surface area contributed by atoms with Crippen LogP contribution in [-0.4, -0.2) is 33.7 Å². The van der Waals surface area contributed by atoms with Gasteiger partial charge in [-0.2, -0.15) is 0 Å². The Balaban J connectivity index is 0.00000320. The highest BCUT2D eigenvalue weighted by Crippen LogP contribution is 2.41. The van der Waals surface area contributed by atoms with Crippen LogP contribution < -0.4 is 10.6 Å². The van der Waals surface area contributed by atoms with Crippen LogP contribution in [0.3, 0.4) is 0 Å². The molecule has 3 rings (SSSR count). The summed E-state index contributed by atoms with van der Waals surface area (Å²) >= 11 is 0. The molecule has 30 heavy (non-hydrogen) atoms. The first kappa shape index (κ1) is 24.7. The maximum absolute atomic E-state index is 11.8. The number of nitrogens with one attached hydrogen (secondary N) is 2. The summed E-state index contributed by atoms with van der Waals surface area (Å²) in [5.41, 5.74) is 4.53. The first-order chi connectivity index (χ1) is 13.7. The molecule has 1 aliphatic carbocycles. The van der Waals surface area contributed by atoms with E-state index in [1.807, 2.05) is 19.1 Å². The number of halogens is 1.